The van der Waals surface area contributed by atoms with E-state index in [-0.39, 0.29) is 0 Å². The van der Waals surface area contributed by atoms with Crippen molar-refractivity contribution in [2.75, 3.05) is 0 Å². The van der Waals surface area contributed by atoms with Gasteiger partial charge in [0.15, 0.2) is 0 Å². The number of benzene rings is 3. The van der Waals surface area contributed by atoms with Crippen molar-refractivity contribution in [1.82, 2.24) is 0 Å². The molecule has 0 saturated heterocycles. The Bertz CT molecular complexity index is 693. The molecular formula is C18H12AsCl3. The summed E-state index contributed by atoms with van der Waals surface area (Å²) in [5, 5.41) is 2.25. The molecule has 0 aliphatic carbocycles. The third-order valence-electron chi connectivity index (χ3n) is 3.20. The van der Waals surface area contributed by atoms with E-state index in [1.54, 1.807) is 0 Å². The molecule has 3 aromatic rings. The normalized spacial score (nSPS) is 10.9. The van der Waals surface area contributed by atoms with Gasteiger partial charge in [-0.2, -0.15) is 0 Å². The van der Waals surface area contributed by atoms with Crippen molar-refractivity contribution in [3.05, 3.63) is 87.9 Å². The molecule has 0 aliphatic rings. The van der Waals surface area contributed by atoms with Gasteiger partial charge in [0, 0.05) is 0 Å². The van der Waals surface area contributed by atoms with Crippen LogP contribution in [0.25, 0.3) is 0 Å². The van der Waals surface area contributed by atoms with Crippen molar-refractivity contribution in [1.29, 1.82) is 0 Å². The van der Waals surface area contributed by atoms with Crippen LogP contribution in [0.3, 0.4) is 0 Å². The summed E-state index contributed by atoms with van der Waals surface area (Å²) in [6.45, 7) is 0. The van der Waals surface area contributed by atoms with Crippen molar-refractivity contribution < 1.29 is 0 Å². The number of halogens is 3. The molecule has 0 atom stereocenters. The van der Waals surface area contributed by atoms with Gasteiger partial charge in [-0.25, -0.2) is 0 Å². The first-order valence-corrected chi connectivity index (χ1v) is 10.7. The predicted molar refractivity (Wildman–Crippen MR) is 99.0 cm³/mol. The van der Waals surface area contributed by atoms with Crippen LogP contribution in [0, 0.1) is 0 Å². The van der Waals surface area contributed by atoms with Crippen LogP contribution in [-0.2, 0) is 0 Å². The van der Waals surface area contributed by atoms with Gasteiger partial charge in [0.05, 0.1) is 0 Å². The van der Waals surface area contributed by atoms with Crippen LogP contribution in [0.15, 0.2) is 72.8 Å². The summed E-state index contributed by atoms with van der Waals surface area (Å²) < 4.78 is 3.76. The van der Waals surface area contributed by atoms with Gasteiger partial charge in [-0.1, -0.05) is 0 Å². The van der Waals surface area contributed by atoms with Gasteiger partial charge in [-0.15, -0.1) is 0 Å². The molecular weight excluding hydrogens is 397 g/mol. The molecule has 0 fully saturated rings. The SMILES string of the molecule is Clc1cccc([As](c2cccc(Cl)c2)c2cccc(Cl)c2)c1. The van der Waals surface area contributed by atoms with Crippen LogP contribution in [0.2, 0.25) is 15.1 Å². The van der Waals surface area contributed by atoms with Gasteiger partial charge < -0.3 is 0 Å². The van der Waals surface area contributed by atoms with E-state index in [0.29, 0.717) is 0 Å². The zero-order valence-corrected chi connectivity index (χ0v) is 15.7. The van der Waals surface area contributed by atoms with E-state index in [1.807, 2.05) is 54.6 Å². The Hall–Kier alpha value is -0.912. The monoisotopic (exact) mass is 408 g/mol. The van der Waals surface area contributed by atoms with Gasteiger partial charge in [-0.3, -0.25) is 0 Å². The fraction of sp³-hybridized carbons (Fsp3) is 0. The molecule has 0 nitrogen and oxygen atoms in total. The summed E-state index contributed by atoms with van der Waals surface area (Å²) >= 11 is 16.9. The Labute approximate surface area is 149 Å². The summed E-state index contributed by atoms with van der Waals surface area (Å²) in [5.74, 6) is 0. The van der Waals surface area contributed by atoms with E-state index in [2.05, 4.69) is 18.2 Å². The number of hydrogen-bond acceptors (Lipinski definition) is 0. The maximum atomic E-state index is 6.20. The molecule has 0 saturated carbocycles. The summed E-state index contributed by atoms with van der Waals surface area (Å²) in [6, 6.07) is 24.2. The maximum absolute atomic E-state index is 6.20. The summed E-state index contributed by atoms with van der Waals surface area (Å²) in [5.41, 5.74) is 0. The Kier molecular flexibility index (Phi) is 5.16. The molecule has 0 unspecified atom stereocenters. The molecule has 110 valence electrons. The molecule has 4 heteroatoms. The Morgan fingerprint density at radius 1 is 0.500 bits per heavy atom. The van der Waals surface area contributed by atoms with Gasteiger partial charge in [0.1, 0.15) is 0 Å². The van der Waals surface area contributed by atoms with E-state index < -0.39 is 14.7 Å². The third kappa shape index (κ3) is 3.70. The Morgan fingerprint density at radius 3 is 1.09 bits per heavy atom. The first-order valence-electron chi connectivity index (χ1n) is 6.70. The van der Waals surface area contributed by atoms with Crippen LogP contribution in [0.1, 0.15) is 0 Å². The summed E-state index contributed by atoms with van der Waals surface area (Å²) in [4.78, 5) is 0. The average Bonchev–Trinajstić information content (AvgIpc) is 2.48. The van der Waals surface area contributed by atoms with Crippen LogP contribution in [0.4, 0.5) is 0 Å². The first kappa shape index (κ1) is 16.0. The van der Waals surface area contributed by atoms with E-state index in [1.165, 1.54) is 13.1 Å². The second-order valence-corrected chi connectivity index (χ2v) is 10.7. The molecule has 0 spiro atoms. The Morgan fingerprint density at radius 2 is 0.818 bits per heavy atom. The van der Waals surface area contributed by atoms with Crippen LogP contribution in [-0.4, -0.2) is 14.7 Å². The molecule has 0 radical (unpaired) electrons. The molecule has 22 heavy (non-hydrogen) atoms. The molecule has 0 bridgehead atoms. The van der Waals surface area contributed by atoms with Crippen LogP contribution >= 0.6 is 34.8 Å². The van der Waals surface area contributed by atoms with Crippen LogP contribution in [0.5, 0.6) is 0 Å². The van der Waals surface area contributed by atoms with E-state index in [0.717, 1.165) is 15.1 Å². The van der Waals surface area contributed by atoms with Crippen molar-refractivity contribution in [3.63, 3.8) is 0 Å². The Balaban J connectivity index is 2.18. The number of hydrogen-bond donors (Lipinski definition) is 0. The van der Waals surface area contributed by atoms with Gasteiger partial charge in [0.25, 0.3) is 0 Å². The standard InChI is InChI=1S/C18H12AsCl3/c20-16-7-1-4-13(10-16)19(14-5-2-8-17(21)11-14)15-6-3-9-18(22)12-15/h1-12H. The average molecular weight is 410 g/mol. The minimum atomic E-state index is -1.73. The minimum absolute atomic E-state index is 0.751. The van der Waals surface area contributed by atoms with E-state index >= 15 is 0 Å². The van der Waals surface area contributed by atoms with E-state index in [9.17, 15) is 0 Å². The molecule has 3 rings (SSSR count). The third-order valence-corrected chi connectivity index (χ3v) is 8.91. The molecule has 3 aromatic carbocycles. The molecule has 0 amide bonds. The topological polar surface area (TPSA) is 0 Å². The predicted octanol–water partition coefficient (Wildman–Crippen LogP) is 4.16. The van der Waals surface area contributed by atoms with Crippen LogP contribution < -0.4 is 13.1 Å². The van der Waals surface area contributed by atoms with Gasteiger partial charge in [-0.05, 0) is 0 Å². The second kappa shape index (κ2) is 7.11. The second-order valence-electron chi connectivity index (χ2n) is 4.78. The zero-order chi connectivity index (χ0) is 15.5. The zero-order valence-electron chi connectivity index (χ0n) is 11.5. The van der Waals surface area contributed by atoms with Crippen molar-refractivity contribution in [2.45, 2.75) is 0 Å². The van der Waals surface area contributed by atoms with Gasteiger partial charge >= 0.3 is 150 Å². The first-order chi connectivity index (χ1) is 10.6. The van der Waals surface area contributed by atoms with E-state index in [4.69, 9.17) is 34.8 Å². The quantitative estimate of drug-likeness (QED) is 0.570. The molecule has 0 aromatic heterocycles. The molecule has 0 heterocycles. The summed E-state index contributed by atoms with van der Waals surface area (Å²) in [7, 11) is 0. The fourth-order valence-electron chi connectivity index (χ4n) is 2.29. The molecule has 0 aliphatic heterocycles. The van der Waals surface area contributed by atoms with Crippen molar-refractivity contribution in [2.24, 2.45) is 0 Å². The van der Waals surface area contributed by atoms with Crippen molar-refractivity contribution in [3.8, 4) is 0 Å². The van der Waals surface area contributed by atoms with Crippen molar-refractivity contribution >= 4 is 62.5 Å². The fourth-order valence-corrected chi connectivity index (χ4v) is 8.41. The number of rotatable bonds is 3. The van der Waals surface area contributed by atoms with Gasteiger partial charge in [0.2, 0.25) is 0 Å². The molecule has 0 N–H and O–H groups in total. The summed E-state index contributed by atoms with van der Waals surface area (Å²) in [6.07, 6.45) is 0.